The van der Waals surface area contributed by atoms with Gasteiger partial charge in [0.25, 0.3) is 0 Å². The predicted octanol–water partition coefficient (Wildman–Crippen LogP) is 3.39. The third-order valence-corrected chi connectivity index (χ3v) is 3.59. The fourth-order valence-electron chi connectivity index (χ4n) is 2.45. The highest BCUT2D eigenvalue weighted by molar-refractivity contribution is 5.77. The highest BCUT2D eigenvalue weighted by Gasteiger charge is 2.23. The number of hydrogen-bond donors (Lipinski definition) is 0. The van der Waals surface area contributed by atoms with Crippen molar-refractivity contribution in [1.82, 2.24) is 9.13 Å². The summed E-state index contributed by atoms with van der Waals surface area (Å²) in [5, 5.41) is 0. The van der Waals surface area contributed by atoms with Crippen molar-refractivity contribution in [2.24, 2.45) is 7.05 Å². The minimum atomic E-state index is -0.208. The van der Waals surface area contributed by atoms with E-state index >= 15 is 0 Å². The molecule has 0 spiro atoms. The summed E-state index contributed by atoms with van der Waals surface area (Å²) in [7, 11) is 1.85. The Morgan fingerprint density at radius 1 is 0.947 bits per heavy atom. The molecule has 1 aromatic carbocycles. The van der Waals surface area contributed by atoms with Crippen molar-refractivity contribution >= 4 is 11.0 Å². The molecule has 0 atom stereocenters. The average molecular weight is 260 g/mol. The van der Waals surface area contributed by atoms with Crippen LogP contribution >= 0.6 is 0 Å². The van der Waals surface area contributed by atoms with Crippen LogP contribution in [0.15, 0.2) is 23.0 Å². The summed E-state index contributed by atoms with van der Waals surface area (Å²) >= 11 is 0. The van der Waals surface area contributed by atoms with E-state index in [0.717, 1.165) is 11.0 Å². The van der Waals surface area contributed by atoms with Crippen LogP contribution in [0.1, 0.15) is 47.1 Å². The van der Waals surface area contributed by atoms with E-state index < -0.39 is 0 Å². The monoisotopic (exact) mass is 260 g/mol. The maximum absolute atomic E-state index is 12.4. The molecule has 0 aliphatic rings. The fraction of sp³-hybridized carbons (Fsp3) is 0.562. The summed E-state index contributed by atoms with van der Waals surface area (Å²) in [5.41, 5.74) is 3.20. The Morgan fingerprint density at radius 3 is 2.00 bits per heavy atom. The molecule has 0 amide bonds. The van der Waals surface area contributed by atoms with Crippen molar-refractivity contribution in [3.05, 3.63) is 34.2 Å². The second-order valence-corrected chi connectivity index (χ2v) is 7.30. The first-order valence-electron chi connectivity index (χ1n) is 6.76. The molecule has 1 heterocycles. The number of hydrogen-bond acceptors (Lipinski definition) is 1. The first kappa shape index (κ1) is 13.9. The topological polar surface area (TPSA) is 26.9 Å². The molecule has 1 aromatic heterocycles. The third-order valence-electron chi connectivity index (χ3n) is 3.59. The Balaban J connectivity index is 2.85. The van der Waals surface area contributed by atoms with Gasteiger partial charge in [0.1, 0.15) is 0 Å². The van der Waals surface area contributed by atoms with E-state index in [9.17, 15) is 4.79 Å². The average Bonchev–Trinajstić information content (AvgIpc) is 2.49. The number of imidazole rings is 1. The molecule has 19 heavy (non-hydrogen) atoms. The van der Waals surface area contributed by atoms with Crippen LogP contribution in [-0.2, 0) is 18.0 Å². The Morgan fingerprint density at radius 2 is 1.53 bits per heavy atom. The molecule has 3 nitrogen and oxygen atoms in total. The maximum Gasteiger partial charge on any atom is 0.329 e. The van der Waals surface area contributed by atoms with E-state index in [4.69, 9.17) is 0 Å². The molecule has 2 aromatic rings. The fourth-order valence-corrected chi connectivity index (χ4v) is 2.45. The van der Waals surface area contributed by atoms with Crippen molar-refractivity contribution < 1.29 is 0 Å². The molecular formula is C16H24N2O. The van der Waals surface area contributed by atoms with Crippen LogP contribution in [0.4, 0.5) is 0 Å². The largest absolute Gasteiger partial charge is 0.329 e. The number of benzene rings is 1. The highest BCUT2D eigenvalue weighted by atomic mass is 16.1. The molecule has 0 aliphatic heterocycles. The van der Waals surface area contributed by atoms with E-state index in [0.29, 0.717) is 0 Å². The Kier molecular flexibility index (Phi) is 2.92. The normalized spacial score (nSPS) is 13.2. The van der Waals surface area contributed by atoms with Crippen LogP contribution < -0.4 is 5.69 Å². The molecule has 0 radical (unpaired) electrons. The van der Waals surface area contributed by atoms with Gasteiger partial charge in [-0.3, -0.25) is 9.13 Å². The molecule has 0 saturated carbocycles. The molecule has 3 heteroatoms. The van der Waals surface area contributed by atoms with E-state index in [-0.39, 0.29) is 16.6 Å². The number of nitrogens with zero attached hydrogens (tertiary/aromatic N) is 2. The van der Waals surface area contributed by atoms with E-state index in [1.165, 1.54) is 5.56 Å². The van der Waals surface area contributed by atoms with Crippen LogP contribution in [0.5, 0.6) is 0 Å². The van der Waals surface area contributed by atoms with Gasteiger partial charge in [-0.2, -0.15) is 0 Å². The van der Waals surface area contributed by atoms with Crippen LogP contribution in [0.25, 0.3) is 11.0 Å². The summed E-state index contributed by atoms with van der Waals surface area (Å²) in [6.45, 7) is 12.7. The van der Waals surface area contributed by atoms with Gasteiger partial charge < -0.3 is 0 Å². The minimum absolute atomic E-state index is 0.0496. The van der Waals surface area contributed by atoms with Gasteiger partial charge in [-0.1, -0.05) is 26.8 Å². The van der Waals surface area contributed by atoms with Gasteiger partial charge in [0, 0.05) is 12.6 Å². The summed E-state index contributed by atoms with van der Waals surface area (Å²) in [4.78, 5) is 12.4. The lowest BCUT2D eigenvalue weighted by molar-refractivity contribution is 0.392. The highest BCUT2D eigenvalue weighted by Crippen LogP contribution is 2.27. The second kappa shape index (κ2) is 3.99. The van der Waals surface area contributed by atoms with Crippen LogP contribution in [0.2, 0.25) is 0 Å². The molecule has 0 bridgehead atoms. The molecule has 0 aliphatic carbocycles. The maximum atomic E-state index is 12.4. The van der Waals surface area contributed by atoms with Crippen molar-refractivity contribution in [2.75, 3.05) is 0 Å². The summed E-state index contributed by atoms with van der Waals surface area (Å²) in [6.07, 6.45) is 0. The van der Waals surface area contributed by atoms with Gasteiger partial charge in [0.15, 0.2) is 0 Å². The predicted molar refractivity (Wildman–Crippen MR) is 80.9 cm³/mol. The summed E-state index contributed by atoms with van der Waals surface area (Å²) in [6, 6.07) is 6.34. The first-order valence-corrected chi connectivity index (χ1v) is 6.76. The van der Waals surface area contributed by atoms with Gasteiger partial charge in [0.2, 0.25) is 0 Å². The van der Waals surface area contributed by atoms with Crippen molar-refractivity contribution in [3.63, 3.8) is 0 Å². The number of aryl methyl sites for hydroxylation is 1. The van der Waals surface area contributed by atoms with Crippen molar-refractivity contribution in [2.45, 2.75) is 52.5 Å². The quantitative estimate of drug-likeness (QED) is 0.713. The van der Waals surface area contributed by atoms with E-state index in [1.807, 2.05) is 11.6 Å². The lowest BCUT2D eigenvalue weighted by Crippen LogP contribution is -2.34. The Hall–Kier alpha value is -1.51. The lowest BCUT2D eigenvalue weighted by atomic mass is 9.87. The molecule has 0 fully saturated rings. The zero-order valence-corrected chi connectivity index (χ0v) is 13.0. The molecule has 0 N–H and O–H groups in total. The van der Waals surface area contributed by atoms with Crippen LogP contribution in [-0.4, -0.2) is 9.13 Å². The zero-order chi connectivity index (χ0) is 14.6. The van der Waals surface area contributed by atoms with Gasteiger partial charge in [-0.05, 0) is 43.9 Å². The van der Waals surface area contributed by atoms with Gasteiger partial charge in [-0.15, -0.1) is 0 Å². The SMILES string of the molecule is Cn1c(=O)n(C(C)(C)C)c2ccc(C(C)(C)C)cc21. The molecule has 104 valence electrons. The smallest absolute Gasteiger partial charge is 0.295 e. The Labute approximate surface area is 114 Å². The summed E-state index contributed by atoms with van der Waals surface area (Å²) < 4.78 is 3.62. The molecule has 2 rings (SSSR count). The standard InChI is InChI=1S/C16H24N2O/c1-15(2,3)11-8-9-12-13(10-11)17(7)14(19)18(12)16(4,5)6/h8-10H,1-7H3. The van der Waals surface area contributed by atoms with E-state index in [1.54, 1.807) is 4.57 Å². The van der Waals surface area contributed by atoms with Crippen LogP contribution in [0, 0.1) is 0 Å². The number of rotatable bonds is 0. The van der Waals surface area contributed by atoms with Gasteiger partial charge >= 0.3 is 5.69 Å². The molecular weight excluding hydrogens is 236 g/mol. The lowest BCUT2D eigenvalue weighted by Gasteiger charge is -2.22. The first-order chi connectivity index (χ1) is 8.53. The van der Waals surface area contributed by atoms with Crippen LogP contribution in [0.3, 0.4) is 0 Å². The number of aromatic nitrogens is 2. The summed E-state index contributed by atoms with van der Waals surface area (Å²) in [5.74, 6) is 0. The second-order valence-electron chi connectivity index (χ2n) is 7.30. The van der Waals surface area contributed by atoms with Gasteiger partial charge in [-0.25, -0.2) is 4.79 Å². The van der Waals surface area contributed by atoms with Gasteiger partial charge in [0.05, 0.1) is 11.0 Å². The van der Waals surface area contributed by atoms with Crippen molar-refractivity contribution in [3.8, 4) is 0 Å². The molecule has 0 saturated heterocycles. The van der Waals surface area contributed by atoms with E-state index in [2.05, 4.69) is 59.7 Å². The number of fused-ring (bicyclic) bond motifs is 1. The third kappa shape index (κ3) is 2.22. The van der Waals surface area contributed by atoms with Crippen molar-refractivity contribution in [1.29, 1.82) is 0 Å². The minimum Gasteiger partial charge on any atom is -0.295 e. The molecule has 0 unspecified atom stereocenters. The Bertz CT molecular complexity index is 676. The zero-order valence-electron chi connectivity index (χ0n) is 13.0.